The van der Waals surface area contributed by atoms with Gasteiger partial charge in [-0.2, -0.15) is 0 Å². The third kappa shape index (κ3) is 5.25. The smallest absolute Gasteiger partial charge is 0.162 e. The number of halogens is 1. The van der Waals surface area contributed by atoms with Crippen molar-refractivity contribution in [2.45, 2.75) is 25.9 Å². The van der Waals surface area contributed by atoms with E-state index in [-0.39, 0.29) is 5.78 Å². The minimum atomic E-state index is 0.157. The van der Waals surface area contributed by atoms with E-state index in [2.05, 4.69) is 4.98 Å². The molecule has 0 aliphatic carbocycles. The van der Waals surface area contributed by atoms with Crippen molar-refractivity contribution in [2.24, 2.45) is 0 Å². The van der Waals surface area contributed by atoms with E-state index in [0.29, 0.717) is 18.1 Å². The Morgan fingerprint density at radius 3 is 2.48 bits per heavy atom. The third-order valence-electron chi connectivity index (χ3n) is 4.50. The molecule has 2 aromatic carbocycles. The highest BCUT2D eigenvalue weighted by Gasteiger charge is 2.11. The van der Waals surface area contributed by atoms with Crippen LogP contribution in [0.5, 0.6) is 0 Å². The number of pyridine rings is 1. The Hall–Kier alpha value is -2.49. The van der Waals surface area contributed by atoms with Gasteiger partial charge in [-0.1, -0.05) is 35.9 Å². The highest BCUT2D eigenvalue weighted by Crippen LogP contribution is 2.27. The number of Topliss-reactive ketones (excluding diaryl/α,β-unsaturated/α-hetero) is 1. The van der Waals surface area contributed by atoms with Crippen LogP contribution < -0.4 is 0 Å². The van der Waals surface area contributed by atoms with Gasteiger partial charge in [0.2, 0.25) is 0 Å². The molecule has 3 aromatic rings. The lowest BCUT2D eigenvalue weighted by molar-refractivity contribution is 0.0980. The number of nitrogens with zero attached hydrogens (tertiary/aromatic N) is 1. The number of rotatable bonds is 8. The lowest BCUT2D eigenvalue weighted by Crippen LogP contribution is -2.03. The van der Waals surface area contributed by atoms with E-state index in [9.17, 15) is 4.79 Å². The van der Waals surface area contributed by atoms with Crippen LogP contribution in [0.4, 0.5) is 0 Å². The number of benzene rings is 2. The van der Waals surface area contributed by atoms with Crippen LogP contribution in [0, 0.1) is 0 Å². The number of aryl methyl sites for hydroxylation is 1. The van der Waals surface area contributed by atoms with Crippen molar-refractivity contribution in [1.82, 2.24) is 4.98 Å². The van der Waals surface area contributed by atoms with Gasteiger partial charge in [0.05, 0.1) is 6.61 Å². The average molecular weight is 380 g/mol. The first-order valence-corrected chi connectivity index (χ1v) is 9.35. The largest absolute Gasteiger partial charge is 0.380 e. The molecule has 0 N–H and O–H groups in total. The number of carbonyl (C=O) groups excluding carboxylic acids is 1. The summed E-state index contributed by atoms with van der Waals surface area (Å²) < 4.78 is 5.34. The van der Waals surface area contributed by atoms with Crippen LogP contribution >= 0.6 is 11.6 Å². The summed E-state index contributed by atoms with van der Waals surface area (Å²) in [5.74, 6) is 0.157. The number of hydrogen-bond acceptors (Lipinski definition) is 3. The molecule has 138 valence electrons. The molecule has 0 spiro atoms. The highest BCUT2D eigenvalue weighted by atomic mass is 35.5. The predicted molar refractivity (Wildman–Crippen MR) is 109 cm³/mol. The number of ether oxygens (including phenoxy) is 1. The van der Waals surface area contributed by atoms with E-state index >= 15 is 0 Å². The summed E-state index contributed by atoms with van der Waals surface area (Å²) in [7, 11) is 1.66. The van der Waals surface area contributed by atoms with Crippen molar-refractivity contribution in [3.63, 3.8) is 0 Å². The van der Waals surface area contributed by atoms with Gasteiger partial charge in [0.15, 0.2) is 5.78 Å². The summed E-state index contributed by atoms with van der Waals surface area (Å²) in [4.78, 5) is 16.6. The van der Waals surface area contributed by atoms with Gasteiger partial charge in [-0.05, 0) is 65.4 Å². The standard InChI is InChI=1S/C23H22ClNO2/c1-27-16-20-15-19(7-10-22(20)18-5-8-21(24)9-6-18)23(26)4-2-3-17-11-13-25-14-12-17/h5-15H,2-4,16H2,1H3. The van der Waals surface area contributed by atoms with E-state index in [1.54, 1.807) is 19.5 Å². The van der Waals surface area contributed by atoms with Crippen LogP contribution in [0.3, 0.4) is 0 Å². The predicted octanol–water partition coefficient (Wildman–Crippen LogP) is 5.75. The molecule has 4 heteroatoms. The number of aromatic nitrogens is 1. The zero-order chi connectivity index (χ0) is 19.1. The van der Waals surface area contributed by atoms with Gasteiger partial charge in [-0.3, -0.25) is 9.78 Å². The minimum Gasteiger partial charge on any atom is -0.380 e. The quantitative estimate of drug-likeness (QED) is 0.467. The van der Waals surface area contributed by atoms with E-state index in [1.165, 1.54) is 5.56 Å². The molecular weight excluding hydrogens is 358 g/mol. The van der Waals surface area contributed by atoms with Gasteiger partial charge in [-0.15, -0.1) is 0 Å². The molecule has 0 amide bonds. The van der Waals surface area contributed by atoms with Gasteiger partial charge < -0.3 is 4.74 Å². The van der Waals surface area contributed by atoms with Crippen molar-refractivity contribution in [3.05, 3.63) is 88.7 Å². The molecule has 0 saturated heterocycles. The summed E-state index contributed by atoms with van der Waals surface area (Å²) in [5.41, 5.74) is 5.05. The highest BCUT2D eigenvalue weighted by molar-refractivity contribution is 6.30. The molecule has 0 fully saturated rings. The maximum Gasteiger partial charge on any atom is 0.162 e. The molecule has 0 saturated carbocycles. The lowest BCUT2D eigenvalue weighted by Gasteiger charge is -2.12. The molecule has 0 unspecified atom stereocenters. The first-order chi connectivity index (χ1) is 13.2. The van der Waals surface area contributed by atoms with E-state index in [1.807, 2.05) is 54.6 Å². The SMILES string of the molecule is COCc1cc(C(=O)CCCc2ccncc2)ccc1-c1ccc(Cl)cc1. The molecule has 1 aromatic heterocycles. The second kappa shape index (κ2) is 9.45. The van der Waals surface area contributed by atoms with Crippen LogP contribution in [0.1, 0.15) is 34.3 Å². The molecule has 3 nitrogen and oxygen atoms in total. The Balaban J connectivity index is 1.72. The van der Waals surface area contributed by atoms with Gasteiger partial charge in [0, 0.05) is 36.5 Å². The fourth-order valence-corrected chi connectivity index (χ4v) is 3.23. The molecule has 0 bridgehead atoms. The molecule has 0 radical (unpaired) electrons. The van der Waals surface area contributed by atoms with Crippen molar-refractivity contribution in [1.29, 1.82) is 0 Å². The summed E-state index contributed by atoms with van der Waals surface area (Å²) in [6.45, 7) is 0.454. The second-order valence-corrected chi connectivity index (χ2v) is 6.88. The monoisotopic (exact) mass is 379 g/mol. The topological polar surface area (TPSA) is 39.2 Å². The lowest BCUT2D eigenvalue weighted by atomic mass is 9.95. The maximum absolute atomic E-state index is 12.6. The first kappa shape index (κ1) is 19.3. The van der Waals surface area contributed by atoms with Crippen LogP contribution in [0.2, 0.25) is 5.02 Å². The van der Waals surface area contributed by atoms with Crippen LogP contribution in [0.15, 0.2) is 67.0 Å². The number of carbonyl (C=O) groups is 1. The van der Waals surface area contributed by atoms with Crippen molar-refractivity contribution in [3.8, 4) is 11.1 Å². The Morgan fingerprint density at radius 1 is 1.04 bits per heavy atom. The van der Waals surface area contributed by atoms with E-state index in [0.717, 1.165) is 35.1 Å². The summed E-state index contributed by atoms with van der Waals surface area (Å²) >= 11 is 5.99. The summed E-state index contributed by atoms with van der Waals surface area (Å²) in [6.07, 6.45) is 5.78. The average Bonchev–Trinajstić information content (AvgIpc) is 2.70. The third-order valence-corrected chi connectivity index (χ3v) is 4.75. The van der Waals surface area contributed by atoms with Crippen LogP contribution in [0.25, 0.3) is 11.1 Å². The van der Waals surface area contributed by atoms with Gasteiger partial charge >= 0.3 is 0 Å². The Bertz CT molecular complexity index is 892. The zero-order valence-electron chi connectivity index (χ0n) is 15.3. The Kier molecular flexibility index (Phi) is 6.74. The fraction of sp³-hybridized carbons (Fsp3) is 0.217. The summed E-state index contributed by atoms with van der Waals surface area (Å²) in [5, 5.41) is 0.702. The second-order valence-electron chi connectivity index (χ2n) is 6.44. The zero-order valence-corrected chi connectivity index (χ0v) is 16.1. The molecule has 27 heavy (non-hydrogen) atoms. The number of methoxy groups -OCH3 is 1. The van der Waals surface area contributed by atoms with Crippen molar-refractivity contribution < 1.29 is 9.53 Å². The van der Waals surface area contributed by atoms with Gasteiger partial charge in [-0.25, -0.2) is 0 Å². The normalized spacial score (nSPS) is 10.7. The molecule has 0 aliphatic heterocycles. The Labute approximate surface area is 165 Å². The van der Waals surface area contributed by atoms with Gasteiger partial charge in [0.1, 0.15) is 0 Å². The van der Waals surface area contributed by atoms with E-state index < -0.39 is 0 Å². The molecule has 0 aliphatic rings. The summed E-state index contributed by atoms with van der Waals surface area (Å²) in [6, 6.07) is 17.5. The van der Waals surface area contributed by atoms with Crippen molar-refractivity contribution in [2.75, 3.05) is 7.11 Å². The van der Waals surface area contributed by atoms with Crippen molar-refractivity contribution >= 4 is 17.4 Å². The Morgan fingerprint density at radius 2 is 1.78 bits per heavy atom. The van der Waals surface area contributed by atoms with Crippen LogP contribution in [-0.2, 0) is 17.8 Å². The maximum atomic E-state index is 12.6. The fourth-order valence-electron chi connectivity index (χ4n) is 3.10. The van der Waals surface area contributed by atoms with Crippen LogP contribution in [-0.4, -0.2) is 17.9 Å². The molecular formula is C23H22ClNO2. The van der Waals surface area contributed by atoms with E-state index in [4.69, 9.17) is 16.3 Å². The molecule has 3 rings (SSSR count). The van der Waals surface area contributed by atoms with Gasteiger partial charge in [0.25, 0.3) is 0 Å². The number of hydrogen-bond donors (Lipinski definition) is 0. The minimum absolute atomic E-state index is 0.157. The molecule has 1 heterocycles. The first-order valence-electron chi connectivity index (χ1n) is 8.97. The molecule has 0 atom stereocenters. The number of ketones is 1.